The van der Waals surface area contributed by atoms with Crippen molar-refractivity contribution in [2.45, 2.75) is 12.8 Å². The van der Waals surface area contributed by atoms with Crippen LogP contribution in [-0.4, -0.2) is 24.4 Å². The van der Waals surface area contributed by atoms with Gasteiger partial charge in [0.2, 0.25) is 0 Å². The maximum Gasteiger partial charge on any atom is 0.191 e. The Morgan fingerprint density at radius 3 is 2.79 bits per heavy atom. The second-order valence-electron chi connectivity index (χ2n) is 3.99. The second kappa shape index (κ2) is 6.89. The van der Waals surface area contributed by atoms with Crippen molar-refractivity contribution >= 4 is 22.8 Å². The summed E-state index contributed by atoms with van der Waals surface area (Å²) in [6.07, 6.45) is 2.83. The van der Waals surface area contributed by atoms with E-state index in [1.165, 1.54) is 11.3 Å². The van der Waals surface area contributed by atoms with E-state index >= 15 is 0 Å². The van der Waals surface area contributed by atoms with Crippen molar-refractivity contribution in [1.29, 1.82) is 0 Å². The van der Waals surface area contributed by atoms with Crippen LogP contribution in [0, 0.1) is 0 Å². The van der Waals surface area contributed by atoms with Crippen LogP contribution in [0.3, 0.4) is 0 Å². The van der Waals surface area contributed by atoms with Crippen LogP contribution >= 0.6 is 11.3 Å². The quantitative estimate of drug-likeness (QED) is 0.623. The van der Waals surface area contributed by atoms with Crippen molar-refractivity contribution in [3.63, 3.8) is 0 Å². The van der Waals surface area contributed by atoms with Crippen molar-refractivity contribution in [1.82, 2.24) is 4.98 Å². The highest BCUT2D eigenvalue weighted by Gasteiger charge is 2.07. The first-order chi connectivity index (χ1) is 9.29. The molecule has 2 rings (SSSR count). The van der Waals surface area contributed by atoms with Crippen molar-refractivity contribution in [3.8, 4) is 5.75 Å². The van der Waals surface area contributed by atoms with E-state index in [9.17, 15) is 4.79 Å². The van der Waals surface area contributed by atoms with Crippen molar-refractivity contribution in [2.24, 2.45) is 0 Å². The molecule has 4 nitrogen and oxygen atoms in total. The fourth-order valence-electron chi connectivity index (χ4n) is 1.61. The van der Waals surface area contributed by atoms with Crippen molar-refractivity contribution in [2.75, 3.05) is 19.0 Å². The zero-order valence-corrected chi connectivity index (χ0v) is 11.6. The number of ether oxygens (including phenoxy) is 1. The van der Waals surface area contributed by atoms with Crippen molar-refractivity contribution in [3.05, 3.63) is 40.8 Å². The minimum absolute atomic E-state index is 0.0872. The summed E-state index contributed by atoms with van der Waals surface area (Å²) in [5.74, 6) is 0.907. The number of Topliss-reactive ketones (excluding diaryl/α,β-unsaturated/α-hetero) is 1. The Kier molecular flexibility index (Phi) is 4.92. The number of anilines is 1. The van der Waals surface area contributed by atoms with Crippen LogP contribution in [0.25, 0.3) is 0 Å². The second-order valence-corrected chi connectivity index (χ2v) is 4.88. The minimum Gasteiger partial charge on any atom is -0.494 e. The molecule has 5 heteroatoms. The Morgan fingerprint density at radius 1 is 1.37 bits per heavy atom. The number of thiazole rings is 1. The van der Waals surface area contributed by atoms with Gasteiger partial charge < -0.3 is 10.1 Å². The van der Waals surface area contributed by atoms with Crippen LogP contribution in [0.5, 0.6) is 5.75 Å². The van der Waals surface area contributed by atoms with E-state index < -0.39 is 0 Å². The number of carbonyl (C=O) groups excluding carboxylic acids is 1. The van der Waals surface area contributed by atoms with Gasteiger partial charge in [0.1, 0.15) is 5.75 Å². The molecule has 0 unspecified atom stereocenters. The zero-order valence-electron chi connectivity index (χ0n) is 10.8. The SMILES string of the molecule is CNc1ccc(OCCCC(=O)c2nccs2)cc1. The molecule has 0 spiro atoms. The predicted octanol–water partition coefficient (Wildman–Crippen LogP) is 3.23. The summed E-state index contributed by atoms with van der Waals surface area (Å²) in [5.41, 5.74) is 1.05. The lowest BCUT2D eigenvalue weighted by molar-refractivity contribution is 0.0973. The molecule has 0 aliphatic carbocycles. The highest BCUT2D eigenvalue weighted by atomic mass is 32.1. The smallest absolute Gasteiger partial charge is 0.191 e. The van der Waals surface area contributed by atoms with Gasteiger partial charge in [0.25, 0.3) is 0 Å². The summed E-state index contributed by atoms with van der Waals surface area (Å²) >= 11 is 1.38. The number of ketones is 1. The number of carbonyl (C=O) groups is 1. The van der Waals surface area contributed by atoms with Crippen LogP contribution in [0.2, 0.25) is 0 Å². The molecule has 0 radical (unpaired) electrons. The van der Waals surface area contributed by atoms with Gasteiger partial charge in [-0.25, -0.2) is 4.98 Å². The van der Waals surface area contributed by atoms with Crippen LogP contribution < -0.4 is 10.1 Å². The molecule has 0 saturated carbocycles. The molecule has 0 amide bonds. The monoisotopic (exact) mass is 276 g/mol. The average Bonchev–Trinajstić information content (AvgIpc) is 2.98. The highest BCUT2D eigenvalue weighted by Crippen LogP contribution is 2.15. The Balaban J connectivity index is 1.70. The van der Waals surface area contributed by atoms with E-state index in [-0.39, 0.29) is 5.78 Å². The molecule has 0 bridgehead atoms. The Labute approximate surface area is 116 Å². The molecule has 0 aliphatic heterocycles. The first kappa shape index (κ1) is 13.5. The first-order valence-electron chi connectivity index (χ1n) is 6.13. The molecule has 0 saturated heterocycles. The van der Waals surface area contributed by atoms with Gasteiger partial charge in [0.05, 0.1) is 6.61 Å². The fraction of sp³-hybridized carbons (Fsp3) is 0.286. The van der Waals surface area contributed by atoms with E-state index in [4.69, 9.17) is 4.74 Å². The molecule has 2 aromatic rings. The van der Waals surface area contributed by atoms with Gasteiger partial charge in [0.15, 0.2) is 10.8 Å². The van der Waals surface area contributed by atoms with Crippen LogP contribution in [-0.2, 0) is 0 Å². The number of nitrogens with one attached hydrogen (secondary N) is 1. The molecule has 19 heavy (non-hydrogen) atoms. The summed E-state index contributed by atoms with van der Waals surface area (Å²) in [7, 11) is 1.88. The minimum atomic E-state index is 0.0872. The predicted molar refractivity (Wildman–Crippen MR) is 77.2 cm³/mol. The molecule has 0 aliphatic rings. The Hall–Kier alpha value is -1.88. The third-order valence-electron chi connectivity index (χ3n) is 2.63. The molecule has 0 fully saturated rings. The first-order valence-corrected chi connectivity index (χ1v) is 7.01. The van der Waals surface area contributed by atoms with Crippen LogP contribution in [0.1, 0.15) is 22.6 Å². The molecule has 0 atom stereocenters. The summed E-state index contributed by atoms with van der Waals surface area (Å²) in [6.45, 7) is 0.538. The summed E-state index contributed by atoms with van der Waals surface area (Å²) in [5, 5.41) is 5.44. The standard InChI is InChI=1S/C14H16N2O2S/c1-15-11-4-6-12(7-5-11)18-9-2-3-13(17)14-16-8-10-19-14/h4-8,10,15H,2-3,9H2,1H3. The molecule has 1 N–H and O–H groups in total. The van der Waals surface area contributed by atoms with Gasteiger partial charge in [-0.15, -0.1) is 11.3 Å². The van der Waals surface area contributed by atoms with Crippen molar-refractivity contribution < 1.29 is 9.53 Å². The summed E-state index contributed by atoms with van der Waals surface area (Å²) < 4.78 is 5.58. The number of hydrogen-bond acceptors (Lipinski definition) is 5. The Morgan fingerprint density at radius 2 is 2.16 bits per heavy atom. The van der Waals surface area contributed by atoms with E-state index in [1.54, 1.807) is 6.20 Å². The molecule has 1 heterocycles. The van der Waals surface area contributed by atoms with E-state index in [0.717, 1.165) is 11.4 Å². The number of aromatic nitrogens is 1. The van der Waals surface area contributed by atoms with Gasteiger partial charge >= 0.3 is 0 Å². The maximum atomic E-state index is 11.7. The summed E-state index contributed by atoms with van der Waals surface area (Å²) in [6, 6.07) is 7.73. The normalized spacial score (nSPS) is 10.2. The van der Waals surface area contributed by atoms with Gasteiger partial charge in [-0.05, 0) is 30.7 Å². The van der Waals surface area contributed by atoms with Gasteiger partial charge in [-0.3, -0.25) is 4.79 Å². The largest absolute Gasteiger partial charge is 0.494 e. The number of rotatable bonds is 7. The lowest BCUT2D eigenvalue weighted by Crippen LogP contribution is -2.03. The van der Waals surface area contributed by atoms with E-state index in [0.29, 0.717) is 24.5 Å². The molecule has 1 aromatic heterocycles. The number of benzene rings is 1. The van der Waals surface area contributed by atoms with Crippen LogP contribution in [0.4, 0.5) is 5.69 Å². The van der Waals surface area contributed by atoms with E-state index in [2.05, 4.69) is 10.3 Å². The lowest BCUT2D eigenvalue weighted by atomic mass is 10.2. The fourth-order valence-corrected chi connectivity index (χ4v) is 2.21. The van der Waals surface area contributed by atoms with Gasteiger partial charge in [0, 0.05) is 30.7 Å². The zero-order chi connectivity index (χ0) is 13.5. The molecule has 1 aromatic carbocycles. The van der Waals surface area contributed by atoms with Crippen LogP contribution in [0.15, 0.2) is 35.8 Å². The lowest BCUT2D eigenvalue weighted by Gasteiger charge is -2.06. The molecule has 100 valence electrons. The molecular formula is C14H16N2O2S. The number of hydrogen-bond donors (Lipinski definition) is 1. The van der Waals surface area contributed by atoms with E-state index in [1.807, 2.05) is 36.7 Å². The van der Waals surface area contributed by atoms with Gasteiger partial charge in [-0.2, -0.15) is 0 Å². The summed E-state index contributed by atoms with van der Waals surface area (Å²) in [4.78, 5) is 15.7. The average molecular weight is 276 g/mol. The number of nitrogens with zero attached hydrogens (tertiary/aromatic N) is 1. The third kappa shape index (κ3) is 4.06. The highest BCUT2D eigenvalue weighted by molar-refractivity contribution is 7.11. The third-order valence-corrected chi connectivity index (χ3v) is 3.44. The molecular weight excluding hydrogens is 260 g/mol. The topological polar surface area (TPSA) is 51.2 Å². The Bertz CT molecular complexity index is 509. The van der Waals surface area contributed by atoms with Gasteiger partial charge in [-0.1, -0.05) is 0 Å². The maximum absolute atomic E-state index is 11.7.